The number of rotatable bonds is 6. The maximum atomic E-state index is 12.3. The second kappa shape index (κ2) is 8.41. The van der Waals surface area contributed by atoms with Gasteiger partial charge in [-0.3, -0.25) is 9.59 Å². The van der Waals surface area contributed by atoms with Crippen molar-refractivity contribution in [3.05, 3.63) is 34.1 Å². The van der Waals surface area contributed by atoms with Crippen molar-refractivity contribution < 1.29 is 19.2 Å². The third-order valence-corrected chi connectivity index (χ3v) is 5.16. The van der Waals surface area contributed by atoms with Crippen LogP contribution in [0.4, 0.5) is 0 Å². The first-order valence-electron chi connectivity index (χ1n) is 8.60. The van der Waals surface area contributed by atoms with Crippen molar-refractivity contribution in [2.24, 2.45) is 5.92 Å². The highest BCUT2D eigenvalue weighted by Gasteiger charge is 2.34. The topological polar surface area (TPSA) is 117 Å². The van der Waals surface area contributed by atoms with Crippen molar-refractivity contribution in [3.8, 4) is 0 Å². The van der Waals surface area contributed by atoms with Gasteiger partial charge in [-0.05, 0) is 26.2 Å². The van der Waals surface area contributed by atoms with Crippen molar-refractivity contribution in [3.63, 3.8) is 0 Å². The summed E-state index contributed by atoms with van der Waals surface area (Å²) in [5, 5.41) is 21.6. The molecule has 3 atom stereocenters. The highest BCUT2D eigenvalue weighted by Crippen LogP contribution is 2.25. The molecule has 0 aromatic carbocycles. The second-order valence-electron chi connectivity index (χ2n) is 6.50. The first-order chi connectivity index (χ1) is 12.5. The number of carbonyl (C=O) groups excluding carboxylic acids is 2. The monoisotopic (exact) mass is 378 g/mol. The van der Waals surface area contributed by atoms with Gasteiger partial charge in [0.05, 0.1) is 23.4 Å². The first-order valence-corrected chi connectivity index (χ1v) is 9.54. The molecule has 140 valence electrons. The Morgan fingerprint density at radius 3 is 2.92 bits per heavy atom. The van der Waals surface area contributed by atoms with E-state index >= 15 is 0 Å². The molecule has 3 rings (SSSR count). The predicted molar refractivity (Wildman–Crippen MR) is 94.7 cm³/mol. The molecule has 0 aliphatic heterocycles. The molecule has 0 bridgehead atoms. The zero-order valence-corrected chi connectivity index (χ0v) is 15.3. The average molecular weight is 378 g/mol. The van der Waals surface area contributed by atoms with E-state index in [1.807, 2.05) is 5.38 Å². The molecule has 2 amide bonds. The smallest absolute Gasteiger partial charge is 0.273 e. The van der Waals surface area contributed by atoms with E-state index in [1.54, 1.807) is 18.5 Å². The third kappa shape index (κ3) is 4.67. The van der Waals surface area contributed by atoms with Crippen molar-refractivity contribution >= 4 is 23.2 Å². The summed E-state index contributed by atoms with van der Waals surface area (Å²) in [7, 11) is 0. The van der Waals surface area contributed by atoms with E-state index in [4.69, 9.17) is 4.52 Å². The number of aryl methyl sites for hydroxylation is 1. The van der Waals surface area contributed by atoms with Crippen LogP contribution in [0.1, 0.15) is 41.2 Å². The lowest BCUT2D eigenvalue weighted by atomic mass is 9.83. The normalized spacial score (nSPS) is 22.8. The summed E-state index contributed by atoms with van der Waals surface area (Å²) >= 11 is 1.53. The number of hydrogen-bond acceptors (Lipinski definition) is 7. The predicted octanol–water partition coefficient (Wildman–Crippen LogP) is 1.06. The molecule has 1 fully saturated rings. The van der Waals surface area contributed by atoms with Gasteiger partial charge < -0.3 is 20.3 Å². The second-order valence-corrected chi connectivity index (χ2v) is 7.22. The van der Waals surface area contributed by atoms with Gasteiger partial charge in [-0.2, -0.15) is 0 Å². The Morgan fingerprint density at radius 2 is 2.27 bits per heavy atom. The standard InChI is InChI=1S/C17H22N4O4S/c1-10-6-14(21-25-10)17(24)20-13-3-2-11(7-15(13)22)16(23)18-5-4-12-8-26-9-19-12/h6,8-9,11,13,15,22H,2-5,7H2,1H3,(H,18,23)(H,20,24)/t11-,13-,15-/m1/s1. The average Bonchev–Trinajstić information content (AvgIpc) is 3.28. The van der Waals surface area contributed by atoms with Gasteiger partial charge in [0.25, 0.3) is 5.91 Å². The molecular weight excluding hydrogens is 356 g/mol. The van der Waals surface area contributed by atoms with Crippen LogP contribution in [-0.4, -0.2) is 45.8 Å². The van der Waals surface area contributed by atoms with Gasteiger partial charge in [-0.25, -0.2) is 4.98 Å². The number of aromatic nitrogens is 2. The summed E-state index contributed by atoms with van der Waals surface area (Å²) < 4.78 is 4.88. The summed E-state index contributed by atoms with van der Waals surface area (Å²) in [4.78, 5) is 28.6. The van der Waals surface area contributed by atoms with E-state index in [9.17, 15) is 14.7 Å². The summed E-state index contributed by atoms with van der Waals surface area (Å²) in [6, 6.07) is 1.15. The van der Waals surface area contributed by atoms with E-state index in [0.29, 0.717) is 38.0 Å². The number of nitrogens with one attached hydrogen (secondary N) is 2. The number of aliphatic hydroxyl groups is 1. The molecule has 2 heterocycles. The van der Waals surface area contributed by atoms with E-state index in [2.05, 4.69) is 20.8 Å². The molecule has 1 aliphatic carbocycles. The summed E-state index contributed by atoms with van der Waals surface area (Å²) in [6.45, 7) is 2.23. The van der Waals surface area contributed by atoms with Gasteiger partial charge in [0.1, 0.15) is 5.76 Å². The lowest BCUT2D eigenvalue weighted by molar-refractivity contribution is -0.127. The fraction of sp³-hybridized carbons (Fsp3) is 0.529. The van der Waals surface area contributed by atoms with Crippen LogP contribution >= 0.6 is 11.3 Å². The van der Waals surface area contributed by atoms with Crippen molar-refractivity contribution in [1.82, 2.24) is 20.8 Å². The molecule has 2 aromatic rings. The lowest BCUT2D eigenvalue weighted by Gasteiger charge is -2.32. The van der Waals surface area contributed by atoms with Crippen LogP contribution in [-0.2, 0) is 11.2 Å². The zero-order chi connectivity index (χ0) is 18.5. The van der Waals surface area contributed by atoms with Crippen LogP contribution in [0.5, 0.6) is 0 Å². The van der Waals surface area contributed by atoms with E-state index in [0.717, 1.165) is 5.69 Å². The maximum Gasteiger partial charge on any atom is 0.273 e. The highest BCUT2D eigenvalue weighted by molar-refractivity contribution is 7.07. The van der Waals surface area contributed by atoms with Gasteiger partial charge in [0.15, 0.2) is 5.69 Å². The minimum absolute atomic E-state index is 0.0591. The SMILES string of the molecule is Cc1cc(C(=O)N[C@@H]2CC[C@@H](C(=O)NCCc3cscn3)C[C@H]2O)no1. The summed E-state index contributed by atoms with van der Waals surface area (Å²) in [5.74, 6) is -0.134. The molecule has 0 spiro atoms. The quantitative estimate of drug-likeness (QED) is 0.692. The van der Waals surface area contributed by atoms with E-state index in [1.165, 1.54) is 11.3 Å². The zero-order valence-electron chi connectivity index (χ0n) is 14.5. The number of aliphatic hydroxyl groups excluding tert-OH is 1. The van der Waals surface area contributed by atoms with E-state index in [-0.39, 0.29) is 23.4 Å². The Kier molecular flexibility index (Phi) is 6.00. The van der Waals surface area contributed by atoms with Crippen LogP contribution in [0.3, 0.4) is 0 Å². The molecule has 2 aromatic heterocycles. The van der Waals surface area contributed by atoms with E-state index < -0.39 is 12.1 Å². The molecule has 8 nitrogen and oxygen atoms in total. The Labute approximate surface area is 155 Å². The largest absolute Gasteiger partial charge is 0.391 e. The van der Waals surface area contributed by atoms with Crippen molar-refractivity contribution in [2.75, 3.05) is 6.54 Å². The molecule has 26 heavy (non-hydrogen) atoms. The molecule has 3 N–H and O–H groups in total. The molecule has 1 aliphatic rings. The Balaban J connectivity index is 1.43. The Bertz CT molecular complexity index is 746. The van der Waals surface area contributed by atoms with Crippen molar-refractivity contribution in [2.45, 2.75) is 44.8 Å². The number of carbonyl (C=O) groups is 2. The minimum atomic E-state index is -0.769. The first kappa shape index (κ1) is 18.5. The molecule has 0 unspecified atom stereocenters. The van der Waals surface area contributed by atoms with Gasteiger partial charge in [-0.1, -0.05) is 5.16 Å². The Morgan fingerprint density at radius 1 is 1.42 bits per heavy atom. The van der Waals surface area contributed by atoms with Crippen LogP contribution in [0, 0.1) is 12.8 Å². The van der Waals surface area contributed by atoms with Gasteiger partial charge >= 0.3 is 0 Å². The Hall–Kier alpha value is -2.26. The van der Waals surface area contributed by atoms with Crippen LogP contribution in [0.2, 0.25) is 0 Å². The van der Waals surface area contributed by atoms with Crippen LogP contribution < -0.4 is 10.6 Å². The minimum Gasteiger partial charge on any atom is -0.391 e. The molecule has 1 saturated carbocycles. The summed E-state index contributed by atoms with van der Waals surface area (Å²) in [5.41, 5.74) is 2.92. The maximum absolute atomic E-state index is 12.3. The van der Waals surface area contributed by atoms with Gasteiger partial charge in [0, 0.05) is 30.3 Å². The van der Waals surface area contributed by atoms with Crippen molar-refractivity contribution in [1.29, 1.82) is 0 Å². The molecule has 0 radical (unpaired) electrons. The number of thiazole rings is 1. The third-order valence-electron chi connectivity index (χ3n) is 4.53. The van der Waals surface area contributed by atoms with Crippen LogP contribution in [0.15, 0.2) is 21.5 Å². The molecule has 0 saturated heterocycles. The van der Waals surface area contributed by atoms with Crippen LogP contribution in [0.25, 0.3) is 0 Å². The molecular formula is C17H22N4O4S. The van der Waals surface area contributed by atoms with Gasteiger partial charge in [-0.15, -0.1) is 11.3 Å². The fourth-order valence-electron chi connectivity index (χ4n) is 3.09. The lowest BCUT2D eigenvalue weighted by Crippen LogP contribution is -2.49. The van der Waals surface area contributed by atoms with Gasteiger partial charge in [0.2, 0.25) is 5.91 Å². The number of amides is 2. The summed E-state index contributed by atoms with van der Waals surface area (Å²) in [6.07, 6.45) is 1.40. The number of nitrogens with zero attached hydrogens (tertiary/aromatic N) is 2. The number of hydrogen-bond donors (Lipinski definition) is 3. The molecule has 9 heteroatoms. The highest BCUT2D eigenvalue weighted by atomic mass is 32.1. The fourth-order valence-corrected chi connectivity index (χ4v) is 3.68.